The standard InChI is InChI=1S/C16H23N3O/c1-8(2)11-7-12(20)13-14(9(3)4)18-15(10(5)6)19-16(13)17-11/h7-10H,1-6H3,(H,17,18,19,20). The van der Waals surface area contributed by atoms with Crippen LogP contribution in [0.25, 0.3) is 11.0 Å². The zero-order valence-corrected chi connectivity index (χ0v) is 13.1. The molecule has 0 radical (unpaired) electrons. The summed E-state index contributed by atoms with van der Waals surface area (Å²) in [5, 5.41) is 0.633. The summed E-state index contributed by atoms with van der Waals surface area (Å²) < 4.78 is 0. The maximum absolute atomic E-state index is 12.4. The molecule has 0 saturated carbocycles. The Bertz CT molecular complexity index is 679. The second-order valence-electron chi connectivity index (χ2n) is 6.24. The highest BCUT2D eigenvalue weighted by Crippen LogP contribution is 2.23. The first-order valence-corrected chi connectivity index (χ1v) is 7.26. The van der Waals surface area contributed by atoms with Gasteiger partial charge in [-0.1, -0.05) is 41.5 Å². The van der Waals surface area contributed by atoms with Crippen molar-refractivity contribution in [3.63, 3.8) is 0 Å². The quantitative estimate of drug-likeness (QED) is 0.927. The molecule has 1 N–H and O–H groups in total. The minimum absolute atomic E-state index is 0.0152. The molecule has 2 aromatic heterocycles. The Kier molecular flexibility index (Phi) is 3.93. The third kappa shape index (κ3) is 2.60. The minimum atomic E-state index is 0.0152. The van der Waals surface area contributed by atoms with Crippen molar-refractivity contribution >= 4 is 11.0 Å². The number of nitrogens with one attached hydrogen (secondary N) is 1. The van der Waals surface area contributed by atoms with Gasteiger partial charge in [-0.25, -0.2) is 9.97 Å². The van der Waals surface area contributed by atoms with Gasteiger partial charge in [0.25, 0.3) is 0 Å². The number of hydrogen-bond acceptors (Lipinski definition) is 3. The molecule has 0 aliphatic carbocycles. The van der Waals surface area contributed by atoms with Gasteiger partial charge in [-0.3, -0.25) is 4.79 Å². The van der Waals surface area contributed by atoms with Gasteiger partial charge in [0.2, 0.25) is 0 Å². The Morgan fingerprint density at radius 2 is 1.60 bits per heavy atom. The van der Waals surface area contributed by atoms with Gasteiger partial charge in [0.15, 0.2) is 5.43 Å². The Morgan fingerprint density at radius 3 is 2.10 bits per heavy atom. The van der Waals surface area contributed by atoms with Crippen LogP contribution in [0.4, 0.5) is 0 Å². The number of fused-ring (bicyclic) bond motifs is 1. The van der Waals surface area contributed by atoms with Crippen LogP contribution < -0.4 is 5.43 Å². The predicted octanol–water partition coefficient (Wildman–Crippen LogP) is 3.69. The lowest BCUT2D eigenvalue weighted by molar-refractivity contribution is 0.737. The summed E-state index contributed by atoms with van der Waals surface area (Å²) in [6.07, 6.45) is 0. The van der Waals surface area contributed by atoms with Crippen molar-refractivity contribution in [3.8, 4) is 0 Å². The monoisotopic (exact) mass is 273 g/mol. The third-order valence-corrected chi connectivity index (χ3v) is 3.44. The second-order valence-corrected chi connectivity index (χ2v) is 6.24. The molecule has 4 nitrogen and oxygen atoms in total. The van der Waals surface area contributed by atoms with Gasteiger partial charge in [0.05, 0.1) is 11.1 Å². The summed E-state index contributed by atoms with van der Waals surface area (Å²) in [6.45, 7) is 12.4. The van der Waals surface area contributed by atoms with Crippen molar-refractivity contribution in [2.45, 2.75) is 59.3 Å². The molecule has 0 spiro atoms. The van der Waals surface area contributed by atoms with E-state index in [0.29, 0.717) is 11.0 Å². The smallest absolute Gasteiger partial charge is 0.193 e. The Labute approximate surface area is 119 Å². The van der Waals surface area contributed by atoms with Crippen LogP contribution in [-0.4, -0.2) is 15.0 Å². The maximum atomic E-state index is 12.4. The first-order chi connectivity index (χ1) is 9.31. The lowest BCUT2D eigenvalue weighted by atomic mass is 10.0. The topological polar surface area (TPSA) is 58.6 Å². The molecular weight excluding hydrogens is 250 g/mol. The van der Waals surface area contributed by atoms with Crippen LogP contribution in [0.3, 0.4) is 0 Å². The fourth-order valence-corrected chi connectivity index (χ4v) is 2.20. The number of hydrogen-bond donors (Lipinski definition) is 1. The molecule has 2 heterocycles. The van der Waals surface area contributed by atoms with Crippen LogP contribution in [0, 0.1) is 0 Å². The van der Waals surface area contributed by atoms with E-state index in [1.807, 2.05) is 0 Å². The van der Waals surface area contributed by atoms with Gasteiger partial charge in [-0.05, 0) is 11.8 Å². The molecule has 108 valence electrons. The van der Waals surface area contributed by atoms with Crippen LogP contribution >= 0.6 is 0 Å². The lowest BCUT2D eigenvalue weighted by Gasteiger charge is -2.14. The van der Waals surface area contributed by atoms with E-state index in [1.54, 1.807) is 6.07 Å². The number of rotatable bonds is 3. The van der Waals surface area contributed by atoms with Gasteiger partial charge in [0, 0.05) is 17.7 Å². The largest absolute Gasteiger partial charge is 0.343 e. The van der Waals surface area contributed by atoms with E-state index in [1.165, 1.54) is 0 Å². The molecule has 0 fully saturated rings. The van der Waals surface area contributed by atoms with Crippen molar-refractivity contribution in [2.75, 3.05) is 0 Å². The van der Waals surface area contributed by atoms with Gasteiger partial charge < -0.3 is 4.98 Å². The van der Waals surface area contributed by atoms with Crippen molar-refractivity contribution in [1.82, 2.24) is 15.0 Å². The van der Waals surface area contributed by atoms with Crippen molar-refractivity contribution < 1.29 is 0 Å². The van der Waals surface area contributed by atoms with Crippen LogP contribution in [0.2, 0.25) is 0 Å². The van der Waals surface area contributed by atoms with E-state index >= 15 is 0 Å². The highest BCUT2D eigenvalue weighted by molar-refractivity contribution is 5.78. The lowest BCUT2D eigenvalue weighted by Crippen LogP contribution is -2.14. The highest BCUT2D eigenvalue weighted by Gasteiger charge is 2.17. The van der Waals surface area contributed by atoms with Crippen LogP contribution in [0.15, 0.2) is 10.9 Å². The van der Waals surface area contributed by atoms with E-state index < -0.39 is 0 Å². The van der Waals surface area contributed by atoms with Gasteiger partial charge in [0.1, 0.15) is 11.5 Å². The maximum Gasteiger partial charge on any atom is 0.193 e. The first-order valence-electron chi connectivity index (χ1n) is 7.26. The normalized spacial score (nSPS) is 12.1. The zero-order valence-electron chi connectivity index (χ0n) is 13.1. The molecule has 0 aromatic carbocycles. The van der Waals surface area contributed by atoms with Crippen LogP contribution in [0.1, 0.15) is 76.5 Å². The van der Waals surface area contributed by atoms with E-state index in [0.717, 1.165) is 17.2 Å². The van der Waals surface area contributed by atoms with Crippen molar-refractivity contribution in [3.05, 3.63) is 33.5 Å². The second kappa shape index (κ2) is 5.35. The fourth-order valence-electron chi connectivity index (χ4n) is 2.20. The van der Waals surface area contributed by atoms with Crippen LogP contribution in [-0.2, 0) is 0 Å². The molecule has 20 heavy (non-hydrogen) atoms. The molecule has 2 aromatic rings. The van der Waals surface area contributed by atoms with Gasteiger partial charge in [-0.15, -0.1) is 0 Å². The molecule has 4 heteroatoms. The average molecular weight is 273 g/mol. The molecule has 0 unspecified atom stereocenters. The molecule has 0 bridgehead atoms. The van der Waals surface area contributed by atoms with E-state index in [9.17, 15) is 4.79 Å². The first kappa shape index (κ1) is 14.7. The summed E-state index contributed by atoms with van der Waals surface area (Å²) >= 11 is 0. The van der Waals surface area contributed by atoms with E-state index in [2.05, 4.69) is 56.5 Å². The van der Waals surface area contributed by atoms with Gasteiger partial charge in [-0.2, -0.15) is 0 Å². The SMILES string of the molecule is CC(C)c1nc(C(C)C)c2c(=O)cc(C(C)C)[nH]c2n1. The third-order valence-electron chi connectivity index (χ3n) is 3.44. The molecule has 2 rings (SSSR count). The summed E-state index contributed by atoms with van der Waals surface area (Å²) in [4.78, 5) is 24.9. The molecule has 0 aliphatic heterocycles. The number of aromatic amines is 1. The average Bonchev–Trinajstić information content (AvgIpc) is 2.36. The summed E-state index contributed by atoms with van der Waals surface area (Å²) in [6, 6.07) is 1.68. The van der Waals surface area contributed by atoms with E-state index in [4.69, 9.17) is 0 Å². The summed E-state index contributed by atoms with van der Waals surface area (Å²) in [7, 11) is 0. The predicted molar refractivity (Wildman–Crippen MR) is 82.4 cm³/mol. The molecular formula is C16H23N3O. The fraction of sp³-hybridized carbons (Fsp3) is 0.562. The number of pyridine rings is 1. The molecule has 0 aliphatic rings. The Balaban J connectivity index is 2.86. The molecule has 0 amide bonds. The van der Waals surface area contributed by atoms with Crippen LogP contribution in [0.5, 0.6) is 0 Å². The van der Waals surface area contributed by atoms with Crippen molar-refractivity contribution in [2.24, 2.45) is 0 Å². The van der Waals surface area contributed by atoms with Crippen molar-refractivity contribution in [1.29, 1.82) is 0 Å². The van der Waals surface area contributed by atoms with E-state index in [-0.39, 0.29) is 23.2 Å². The highest BCUT2D eigenvalue weighted by atomic mass is 16.1. The zero-order chi connectivity index (χ0) is 15.0. The molecule has 0 saturated heterocycles. The Morgan fingerprint density at radius 1 is 0.950 bits per heavy atom. The number of H-pyrrole nitrogens is 1. The van der Waals surface area contributed by atoms with Gasteiger partial charge >= 0.3 is 0 Å². The molecule has 0 atom stereocenters. The Hall–Kier alpha value is -1.71. The number of aromatic nitrogens is 3. The summed E-state index contributed by atoms with van der Waals surface area (Å²) in [5.41, 5.74) is 2.45. The summed E-state index contributed by atoms with van der Waals surface area (Å²) in [5.74, 6) is 1.50. The number of nitrogens with zero attached hydrogens (tertiary/aromatic N) is 2. The minimum Gasteiger partial charge on any atom is -0.343 e.